The summed E-state index contributed by atoms with van der Waals surface area (Å²) in [4.78, 5) is 48.6. The van der Waals surface area contributed by atoms with Gasteiger partial charge in [0, 0.05) is 6.42 Å². The van der Waals surface area contributed by atoms with E-state index in [2.05, 4.69) is 16.0 Å². The van der Waals surface area contributed by atoms with Crippen LogP contribution in [-0.2, 0) is 32.1 Å². The lowest BCUT2D eigenvalue weighted by Crippen LogP contribution is -2.56. The van der Waals surface area contributed by atoms with Gasteiger partial charge in [-0.1, -0.05) is 74.5 Å². The molecule has 0 heterocycles. The first-order valence-corrected chi connectivity index (χ1v) is 10.6. The number of carboxylic acid groups (broad SMARTS) is 1. The highest BCUT2D eigenvalue weighted by Gasteiger charge is 2.29. The molecule has 4 N–H and O–H groups in total. The Morgan fingerprint density at radius 2 is 1.42 bits per heavy atom. The molecule has 0 aliphatic heterocycles. The van der Waals surface area contributed by atoms with Crippen molar-refractivity contribution in [2.75, 3.05) is 6.54 Å². The monoisotopic (exact) mass is 455 g/mol. The second-order valence-corrected chi connectivity index (χ2v) is 7.79. The maximum Gasteiger partial charge on any atom is 0.408 e. The molecule has 2 rings (SSSR count). The number of carbonyl (C=O) groups excluding carboxylic acids is 3. The van der Waals surface area contributed by atoms with E-state index in [1.165, 1.54) is 0 Å². The number of aliphatic carboxylic acids is 1. The third-order valence-corrected chi connectivity index (χ3v) is 4.76. The minimum Gasteiger partial charge on any atom is -0.480 e. The van der Waals surface area contributed by atoms with Crippen molar-refractivity contribution >= 4 is 23.9 Å². The summed E-state index contributed by atoms with van der Waals surface area (Å²) in [5.74, 6) is -2.71. The highest BCUT2D eigenvalue weighted by molar-refractivity contribution is 5.92. The Bertz CT molecular complexity index is 934. The van der Waals surface area contributed by atoms with E-state index in [4.69, 9.17) is 9.84 Å². The SMILES string of the molecule is CC(C)[C@H](NC(=O)OCc1ccccc1)C(=O)N[C@@H](Cc1ccccc1)C(=O)NCC(=O)O. The molecular weight excluding hydrogens is 426 g/mol. The van der Waals surface area contributed by atoms with Gasteiger partial charge in [0.05, 0.1) is 0 Å². The minimum absolute atomic E-state index is 0.0489. The van der Waals surface area contributed by atoms with Gasteiger partial charge in [-0.3, -0.25) is 14.4 Å². The molecular formula is C24H29N3O6. The van der Waals surface area contributed by atoms with Crippen LogP contribution in [-0.4, -0.2) is 47.6 Å². The van der Waals surface area contributed by atoms with Crippen LogP contribution in [0.25, 0.3) is 0 Å². The second-order valence-electron chi connectivity index (χ2n) is 7.79. The molecule has 0 radical (unpaired) electrons. The highest BCUT2D eigenvalue weighted by Crippen LogP contribution is 2.08. The number of carbonyl (C=O) groups is 4. The van der Waals surface area contributed by atoms with Gasteiger partial charge in [-0.2, -0.15) is 0 Å². The van der Waals surface area contributed by atoms with Crippen molar-refractivity contribution in [2.45, 2.75) is 39.0 Å². The van der Waals surface area contributed by atoms with Gasteiger partial charge in [0.1, 0.15) is 25.2 Å². The number of hydrogen-bond acceptors (Lipinski definition) is 5. The summed E-state index contributed by atoms with van der Waals surface area (Å²) < 4.78 is 5.20. The van der Waals surface area contributed by atoms with Crippen molar-refractivity contribution in [3.63, 3.8) is 0 Å². The fourth-order valence-electron chi connectivity index (χ4n) is 3.03. The maximum atomic E-state index is 13.0. The highest BCUT2D eigenvalue weighted by atomic mass is 16.5. The average molecular weight is 456 g/mol. The first-order chi connectivity index (χ1) is 15.8. The van der Waals surface area contributed by atoms with Gasteiger partial charge in [0.2, 0.25) is 11.8 Å². The fourth-order valence-corrected chi connectivity index (χ4v) is 3.03. The molecule has 0 saturated heterocycles. The van der Waals surface area contributed by atoms with E-state index in [-0.39, 0.29) is 18.9 Å². The molecule has 9 heteroatoms. The fraction of sp³-hybridized carbons (Fsp3) is 0.333. The summed E-state index contributed by atoms with van der Waals surface area (Å²) in [6, 6.07) is 16.1. The number of benzene rings is 2. The van der Waals surface area contributed by atoms with Gasteiger partial charge in [-0.15, -0.1) is 0 Å². The Morgan fingerprint density at radius 3 is 1.97 bits per heavy atom. The van der Waals surface area contributed by atoms with Crippen LogP contribution in [0.3, 0.4) is 0 Å². The molecule has 3 amide bonds. The van der Waals surface area contributed by atoms with Gasteiger partial charge in [-0.05, 0) is 17.0 Å². The van der Waals surface area contributed by atoms with Crippen LogP contribution < -0.4 is 16.0 Å². The molecule has 2 atom stereocenters. The van der Waals surface area contributed by atoms with Crippen LogP contribution in [0.1, 0.15) is 25.0 Å². The number of hydrogen-bond donors (Lipinski definition) is 4. The van der Waals surface area contributed by atoms with E-state index in [1.807, 2.05) is 36.4 Å². The first kappa shape index (κ1) is 25.4. The third-order valence-electron chi connectivity index (χ3n) is 4.76. The number of ether oxygens (including phenoxy) is 1. The molecule has 2 aromatic rings. The lowest BCUT2D eigenvalue weighted by Gasteiger charge is -2.25. The lowest BCUT2D eigenvalue weighted by molar-refractivity contribution is -0.138. The van der Waals surface area contributed by atoms with Crippen molar-refractivity contribution in [1.82, 2.24) is 16.0 Å². The van der Waals surface area contributed by atoms with Gasteiger partial charge in [0.25, 0.3) is 0 Å². The van der Waals surface area contributed by atoms with E-state index >= 15 is 0 Å². The molecule has 2 aromatic carbocycles. The van der Waals surface area contributed by atoms with Crippen LogP contribution in [0.15, 0.2) is 60.7 Å². The van der Waals surface area contributed by atoms with Crippen LogP contribution in [0.2, 0.25) is 0 Å². The Kier molecular flexibility index (Phi) is 9.88. The molecule has 0 saturated carbocycles. The second kappa shape index (κ2) is 12.8. The summed E-state index contributed by atoms with van der Waals surface area (Å²) in [7, 11) is 0. The smallest absolute Gasteiger partial charge is 0.408 e. The molecule has 9 nitrogen and oxygen atoms in total. The van der Waals surface area contributed by atoms with Crippen LogP contribution in [0.5, 0.6) is 0 Å². The van der Waals surface area contributed by atoms with Crippen molar-refractivity contribution in [2.24, 2.45) is 5.92 Å². The normalized spacial score (nSPS) is 12.3. The number of rotatable bonds is 11. The van der Waals surface area contributed by atoms with Gasteiger partial charge < -0.3 is 25.8 Å². The van der Waals surface area contributed by atoms with Crippen LogP contribution in [0, 0.1) is 5.92 Å². The predicted molar refractivity (Wildman–Crippen MR) is 121 cm³/mol. The topological polar surface area (TPSA) is 134 Å². The average Bonchev–Trinajstić information content (AvgIpc) is 2.80. The predicted octanol–water partition coefficient (Wildman–Crippen LogP) is 1.87. The molecule has 0 fully saturated rings. The molecule has 0 unspecified atom stereocenters. The summed E-state index contributed by atoms with van der Waals surface area (Å²) in [5.41, 5.74) is 1.58. The van der Waals surface area contributed by atoms with E-state index in [9.17, 15) is 19.2 Å². The maximum absolute atomic E-state index is 13.0. The van der Waals surface area contributed by atoms with E-state index in [0.29, 0.717) is 0 Å². The number of amides is 3. The molecule has 33 heavy (non-hydrogen) atoms. The lowest BCUT2D eigenvalue weighted by atomic mass is 10.0. The zero-order chi connectivity index (χ0) is 24.2. The standard InChI is InChI=1S/C24H29N3O6/c1-16(2)21(27-24(32)33-15-18-11-7-4-8-12-18)23(31)26-19(22(30)25-14-20(28)29)13-17-9-5-3-6-10-17/h3-12,16,19,21H,13-15H2,1-2H3,(H,25,30)(H,26,31)(H,27,32)(H,28,29)/t19-,21-/m0/s1. The zero-order valence-electron chi connectivity index (χ0n) is 18.6. The number of alkyl carbamates (subject to hydrolysis) is 1. The van der Waals surface area contributed by atoms with Crippen molar-refractivity contribution in [3.8, 4) is 0 Å². The Hall–Kier alpha value is -3.88. The van der Waals surface area contributed by atoms with Crippen molar-refractivity contribution in [1.29, 1.82) is 0 Å². The van der Waals surface area contributed by atoms with Crippen molar-refractivity contribution in [3.05, 3.63) is 71.8 Å². The van der Waals surface area contributed by atoms with E-state index in [0.717, 1.165) is 11.1 Å². The molecule has 0 aromatic heterocycles. The molecule has 0 aliphatic rings. The summed E-state index contributed by atoms with van der Waals surface area (Å²) in [5, 5.41) is 16.3. The van der Waals surface area contributed by atoms with E-state index < -0.39 is 42.5 Å². The molecule has 0 spiro atoms. The Labute approximate surface area is 192 Å². The number of nitrogens with one attached hydrogen (secondary N) is 3. The summed E-state index contributed by atoms with van der Waals surface area (Å²) >= 11 is 0. The molecule has 0 bridgehead atoms. The number of carboxylic acids is 1. The Morgan fingerprint density at radius 1 is 0.848 bits per heavy atom. The zero-order valence-corrected chi connectivity index (χ0v) is 18.6. The minimum atomic E-state index is -1.20. The largest absolute Gasteiger partial charge is 0.480 e. The molecule has 0 aliphatic carbocycles. The first-order valence-electron chi connectivity index (χ1n) is 10.6. The summed E-state index contributed by atoms with van der Waals surface area (Å²) in [6.45, 7) is 2.97. The van der Waals surface area contributed by atoms with Gasteiger partial charge in [0.15, 0.2) is 0 Å². The quantitative estimate of drug-likeness (QED) is 0.409. The van der Waals surface area contributed by atoms with Crippen LogP contribution >= 0.6 is 0 Å². The van der Waals surface area contributed by atoms with Gasteiger partial charge >= 0.3 is 12.1 Å². The van der Waals surface area contributed by atoms with Gasteiger partial charge in [-0.25, -0.2) is 4.79 Å². The van der Waals surface area contributed by atoms with Crippen molar-refractivity contribution < 1.29 is 29.0 Å². The van der Waals surface area contributed by atoms with E-state index in [1.54, 1.807) is 38.1 Å². The third kappa shape index (κ3) is 9.02. The summed E-state index contributed by atoms with van der Waals surface area (Å²) in [6.07, 6.45) is -0.607. The Balaban J connectivity index is 2.04. The van der Waals surface area contributed by atoms with Crippen LogP contribution in [0.4, 0.5) is 4.79 Å². The molecule has 176 valence electrons.